The van der Waals surface area contributed by atoms with Crippen molar-refractivity contribution in [3.63, 3.8) is 0 Å². The Morgan fingerprint density at radius 2 is 2.00 bits per heavy atom. The van der Waals surface area contributed by atoms with Gasteiger partial charge in [0.05, 0.1) is 5.92 Å². The first-order valence-electron chi connectivity index (χ1n) is 7.47. The van der Waals surface area contributed by atoms with E-state index in [1.807, 2.05) is 24.3 Å². The van der Waals surface area contributed by atoms with Gasteiger partial charge >= 0.3 is 5.97 Å². The first-order valence-corrected chi connectivity index (χ1v) is 8.83. The molecule has 0 aromatic heterocycles. The second-order valence-electron chi connectivity index (χ2n) is 5.46. The third-order valence-corrected chi connectivity index (χ3v) is 5.16. The van der Waals surface area contributed by atoms with E-state index in [0.717, 1.165) is 29.9 Å². The maximum Gasteiger partial charge on any atom is 0.308 e. The number of thioether (sulfide) groups is 1. The zero-order chi connectivity index (χ0) is 15.9. The molecule has 0 heterocycles. The van der Waals surface area contributed by atoms with Crippen LogP contribution in [0.5, 0.6) is 0 Å². The van der Waals surface area contributed by atoms with Crippen molar-refractivity contribution in [2.24, 2.45) is 5.92 Å². The van der Waals surface area contributed by atoms with Crippen molar-refractivity contribution >= 4 is 35.2 Å². The molecule has 0 spiro atoms. The van der Waals surface area contributed by atoms with E-state index in [9.17, 15) is 9.59 Å². The smallest absolute Gasteiger partial charge is 0.308 e. The second kappa shape index (κ2) is 8.44. The number of carbonyl (C=O) groups excluding carboxylic acids is 1. The summed E-state index contributed by atoms with van der Waals surface area (Å²) in [5.74, 6) is -0.425. The van der Waals surface area contributed by atoms with Gasteiger partial charge in [0.2, 0.25) is 5.91 Å². The predicted molar refractivity (Wildman–Crippen MR) is 88.3 cm³/mol. The molecule has 120 valence electrons. The summed E-state index contributed by atoms with van der Waals surface area (Å²) in [7, 11) is 0. The topological polar surface area (TPSA) is 66.4 Å². The third-order valence-electron chi connectivity index (χ3n) is 3.81. The summed E-state index contributed by atoms with van der Waals surface area (Å²) in [6.07, 6.45) is 3.50. The van der Waals surface area contributed by atoms with Gasteiger partial charge in [0.15, 0.2) is 0 Å². The number of benzene rings is 1. The molecule has 0 aliphatic heterocycles. The first-order chi connectivity index (χ1) is 10.6. The Kier molecular flexibility index (Phi) is 6.58. The Morgan fingerprint density at radius 3 is 2.68 bits per heavy atom. The number of carboxylic acid groups (broad SMARTS) is 1. The number of hydrogen-bond donors (Lipinski definition) is 2. The Bertz CT molecular complexity index is 521. The molecule has 6 heteroatoms. The van der Waals surface area contributed by atoms with Gasteiger partial charge in [0.25, 0.3) is 0 Å². The van der Waals surface area contributed by atoms with Crippen molar-refractivity contribution in [2.75, 3.05) is 5.75 Å². The average Bonchev–Trinajstić information content (AvgIpc) is 2.94. The molecule has 1 aromatic rings. The van der Waals surface area contributed by atoms with Crippen molar-refractivity contribution in [2.45, 2.75) is 43.0 Å². The van der Waals surface area contributed by atoms with Gasteiger partial charge in [-0.1, -0.05) is 18.0 Å². The van der Waals surface area contributed by atoms with E-state index in [4.69, 9.17) is 16.7 Å². The Morgan fingerprint density at radius 1 is 1.27 bits per heavy atom. The first kappa shape index (κ1) is 17.2. The van der Waals surface area contributed by atoms with Gasteiger partial charge in [-0.05, 0) is 49.3 Å². The van der Waals surface area contributed by atoms with Gasteiger partial charge in [-0.2, -0.15) is 0 Å². The van der Waals surface area contributed by atoms with Crippen LogP contribution in [0.2, 0.25) is 5.02 Å². The number of amides is 1. The molecule has 1 aromatic carbocycles. The van der Waals surface area contributed by atoms with E-state index in [2.05, 4.69) is 5.32 Å². The van der Waals surface area contributed by atoms with E-state index in [1.54, 1.807) is 11.8 Å². The lowest BCUT2D eigenvalue weighted by atomic mass is 10.0. The molecule has 2 N–H and O–H groups in total. The molecule has 1 aliphatic rings. The minimum Gasteiger partial charge on any atom is -0.481 e. The minimum absolute atomic E-state index is 0.0464. The van der Waals surface area contributed by atoms with Gasteiger partial charge in [-0.15, -0.1) is 11.8 Å². The molecule has 2 rings (SSSR count). The fourth-order valence-corrected chi connectivity index (χ4v) is 3.64. The summed E-state index contributed by atoms with van der Waals surface area (Å²) < 4.78 is 0. The Balaban J connectivity index is 1.65. The number of carboxylic acids is 1. The number of hydrogen-bond acceptors (Lipinski definition) is 3. The molecule has 0 radical (unpaired) electrons. The highest BCUT2D eigenvalue weighted by Gasteiger charge is 2.33. The number of halogens is 1. The lowest BCUT2D eigenvalue weighted by Gasteiger charge is -2.17. The molecule has 22 heavy (non-hydrogen) atoms. The van der Waals surface area contributed by atoms with Gasteiger partial charge in [0, 0.05) is 22.4 Å². The summed E-state index contributed by atoms with van der Waals surface area (Å²) in [6, 6.07) is 7.42. The summed E-state index contributed by atoms with van der Waals surface area (Å²) in [6.45, 7) is 0. The normalized spacial score (nSPS) is 20.8. The van der Waals surface area contributed by atoms with Crippen molar-refractivity contribution < 1.29 is 14.7 Å². The highest BCUT2D eigenvalue weighted by molar-refractivity contribution is 7.99. The number of nitrogens with one attached hydrogen (secondary N) is 1. The molecule has 0 saturated heterocycles. The minimum atomic E-state index is -0.805. The second-order valence-corrected chi connectivity index (χ2v) is 7.06. The van der Waals surface area contributed by atoms with Crippen LogP contribution in [0.4, 0.5) is 0 Å². The third kappa shape index (κ3) is 5.21. The maximum absolute atomic E-state index is 11.9. The SMILES string of the molecule is O=C(CCCSc1ccc(Cl)cc1)N[C@H]1CCC[C@H]1C(=O)O. The lowest BCUT2D eigenvalue weighted by Crippen LogP contribution is -2.40. The molecule has 1 saturated carbocycles. The molecule has 1 aliphatic carbocycles. The van der Waals surface area contributed by atoms with Crippen LogP contribution in [0, 0.1) is 5.92 Å². The molecular weight excluding hydrogens is 322 g/mol. The summed E-state index contributed by atoms with van der Waals surface area (Å²) in [5, 5.41) is 12.7. The van der Waals surface area contributed by atoms with E-state index < -0.39 is 11.9 Å². The largest absolute Gasteiger partial charge is 0.481 e. The molecular formula is C16H20ClNO3S. The van der Waals surface area contributed by atoms with E-state index in [1.165, 1.54) is 0 Å². The molecule has 1 amide bonds. The molecule has 1 fully saturated rings. The van der Waals surface area contributed by atoms with E-state index in [0.29, 0.717) is 17.9 Å². The Hall–Kier alpha value is -1.20. The quantitative estimate of drug-likeness (QED) is 0.587. The van der Waals surface area contributed by atoms with Crippen LogP contribution in [0.3, 0.4) is 0 Å². The van der Waals surface area contributed by atoms with Crippen LogP contribution >= 0.6 is 23.4 Å². The number of carbonyl (C=O) groups is 2. The van der Waals surface area contributed by atoms with E-state index in [-0.39, 0.29) is 11.9 Å². The Labute approximate surface area is 139 Å². The van der Waals surface area contributed by atoms with Crippen molar-refractivity contribution in [3.8, 4) is 0 Å². The lowest BCUT2D eigenvalue weighted by molar-refractivity contribution is -0.142. The van der Waals surface area contributed by atoms with Crippen molar-refractivity contribution in [3.05, 3.63) is 29.3 Å². The highest BCUT2D eigenvalue weighted by atomic mass is 35.5. The van der Waals surface area contributed by atoms with Crippen LogP contribution in [0.15, 0.2) is 29.2 Å². The van der Waals surface area contributed by atoms with E-state index >= 15 is 0 Å². The predicted octanol–water partition coefficient (Wildman–Crippen LogP) is 3.58. The van der Waals surface area contributed by atoms with Crippen LogP contribution in [0.1, 0.15) is 32.1 Å². The monoisotopic (exact) mass is 341 g/mol. The molecule has 4 nitrogen and oxygen atoms in total. The fourth-order valence-electron chi connectivity index (χ4n) is 2.66. The van der Waals surface area contributed by atoms with Crippen LogP contribution in [-0.2, 0) is 9.59 Å². The zero-order valence-electron chi connectivity index (χ0n) is 12.3. The molecule has 0 unspecified atom stereocenters. The van der Waals surface area contributed by atoms with Gasteiger partial charge in [-0.25, -0.2) is 0 Å². The van der Waals surface area contributed by atoms with Crippen molar-refractivity contribution in [1.82, 2.24) is 5.32 Å². The van der Waals surface area contributed by atoms with Crippen LogP contribution in [-0.4, -0.2) is 28.8 Å². The molecule has 0 bridgehead atoms. The van der Waals surface area contributed by atoms with Crippen molar-refractivity contribution in [1.29, 1.82) is 0 Å². The van der Waals surface area contributed by atoms with Gasteiger partial charge in [-0.3, -0.25) is 9.59 Å². The van der Waals surface area contributed by atoms with Gasteiger partial charge < -0.3 is 10.4 Å². The van der Waals surface area contributed by atoms with Gasteiger partial charge in [0.1, 0.15) is 0 Å². The summed E-state index contributed by atoms with van der Waals surface area (Å²) >= 11 is 7.51. The number of rotatable bonds is 7. The average molecular weight is 342 g/mol. The van der Waals surface area contributed by atoms with Crippen LogP contribution < -0.4 is 5.32 Å². The summed E-state index contributed by atoms with van der Waals surface area (Å²) in [4.78, 5) is 24.1. The maximum atomic E-state index is 11.9. The highest BCUT2D eigenvalue weighted by Crippen LogP contribution is 2.26. The molecule has 2 atom stereocenters. The summed E-state index contributed by atoms with van der Waals surface area (Å²) in [5.41, 5.74) is 0. The number of aliphatic carboxylic acids is 1. The zero-order valence-corrected chi connectivity index (χ0v) is 13.8. The fraction of sp³-hybridized carbons (Fsp3) is 0.500. The van der Waals surface area contributed by atoms with Crippen LogP contribution in [0.25, 0.3) is 0 Å². The standard InChI is InChI=1S/C16H20ClNO3S/c17-11-6-8-12(9-7-11)22-10-2-5-15(19)18-14-4-1-3-13(14)16(20)21/h6-9,13-14H,1-5,10H2,(H,18,19)(H,20,21)/t13-,14+/m1/s1.